The predicted molar refractivity (Wildman–Crippen MR) is 99.2 cm³/mol. The topological polar surface area (TPSA) is 68.3 Å². The normalized spacial score (nSPS) is 10.2. The molecule has 3 rings (SSSR count). The van der Waals surface area contributed by atoms with Gasteiger partial charge in [-0.15, -0.1) is 0 Å². The molecular weight excluding hydrogens is 316 g/mol. The Morgan fingerprint density at radius 3 is 2.52 bits per heavy atom. The summed E-state index contributed by atoms with van der Waals surface area (Å²) in [5.74, 6) is 2.82. The first kappa shape index (κ1) is 16.6. The molecule has 0 aliphatic heterocycles. The van der Waals surface area contributed by atoms with Gasteiger partial charge >= 0.3 is 0 Å². The van der Waals surface area contributed by atoms with Gasteiger partial charge in [0.2, 0.25) is 5.95 Å². The summed E-state index contributed by atoms with van der Waals surface area (Å²) < 4.78 is 10.7. The molecule has 1 heterocycles. The molecule has 3 aromatic rings. The van der Waals surface area contributed by atoms with Crippen molar-refractivity contribution < 1.29 is 9.47 Å². The van der Waals surface area contributed by atoms with E-state index in [4.69, 9.17) is 9.47 Å². The maximum absolute atomic E-state index is 5.44. The molecular formula is C19H20N4O2. The smallest absolute Gasteiger partial charge is 0.229 e. The van der Waals surface area contributed by atoms with Crippen molar-refractivity contribution in [3.8, 4) is 11.5 Å². The van der Waals surface area contributed by atoms with Gasteiger partial charge in [0.1, 0.15) is 17.3 Å². The molecule has 6 nitrogen and oxygen atoms in total. The van der Waals surface area contributed by atoms with Crippen LogP contribution in [0.5, 0.6) is 11.5 Å². The Bertz CT molecular complexity index is 822. The standard InChI is InChI=1S/C19H20N4O2/c1-3-25-16-9-7-14(8-10-16)22-19-20-12-11-18(23-19)21-15-5-4-6-17(13-15)24-2/h4-13H,3H2,1-2H3,(H2,20,21,22,23). The van der Waals surface area contributed by atoms with E-state index in [0.29, 0.717) is 18.4 Å². The third kappa shape index (κ3) is 4.60. The summed E-state index contributed by atoms with van der Waals surface area (Å²) in [5, 5.41) is 6.42. The monoisotopic (exact) mass is 336 g/mol. The van der Waals surface area contributed by atoms with E-state index in [9.17, 15) is 0 Å². The van der Waals surface area contributed by atoms with Gasteiger partial charge in [-0.2, -0.15) is 4.98 Å². The molecule has 2 aromatic carbocycles. The Kier molecular flexibility index (Phi) is 5.31. The summed E-state index contributed by atoms with van der Waals surface area (Å²) in [6.07, 6.45) is 1.70. The quantitative estimate of drug-likeness (QED) is 0.668. The number of aromatic nitrogens is 2. The van der Waals surface area contributed by atoms with Gasteiger partial charge in [0.25, 0.3) is 0 Å². The van der Waals surface area contributed by atoms with Gasteiger partial charge in [0.15, 0.2) is 0 Å². The van der Waals surface area contributed by atoms with Crippen molar-refractivity contribution in [3.05, 3.63) is 60.8 Å². The van der Waals surface area contributed by atoms with E-state index < -0.39 is 0 Å². The fourth-order valence-electron chi connectivity index (χ4n) is 2.27. The molecule has 0 amide bonds. The molecule has 0 atom stereocenters. The Morgan fingerprint density at radius 2 is 1.76 bits per heavy atom. The Morgan fingerprint density at radius 1 is 0.920 bits per heavy atom. The fraction of sp³-hybridized carbons (Fsp3) is 0.158. The molecule has 0 aliphatic rings. The number of benzene rings is 2. The van der Waals surface area contributed by atoms with Gasteiger partial charge in [-0.25, -0.2) is 4.98 Å². The molecule has 25 heavy (non-hydrogen) atoms. The van der Waals surface area contributed by atoms with Crippen LogP contribution in [0.3, 0.4) is 0 Å². The number of nitrogens with one attached hydrogen (secondary N) is 2. The summed E-state index contributed by atoms with van der Waals surface area (Å²) in [6.45, 7) is 2.61. The second-order valence-electron chi connectivity index (χ2n) is 5.20. The highest BCUT2D eigenvalue weighted by Gasteiger charge is 2.02. The van der Waals surface area contributed by atoms with Crippen LogP contribution < -0.4 is 20.1 Å². The lowest BCUT2D eigenvalue weighted by molar-refractivity contribution is 0.340. The first-order valence-corrected chi connectivity index (χ1v) is 8.01. The molecule has 0 aliphatic carbocycles. The van der Waals surface area contributed by atoms with Gasteiger partial charge in [-0.05, 0) is 49.4 Å². The minimum absolute atomic E-state index is 0.511. The van der Waals surface area contributed by atoms with Crippen LogP contribution in [0.15, 0.2) is 60.8 Å². The minimum atomic E-state index is 0.511. The molecule has 2 N–H and O–H groups in total. The number of ether oxygens (including phenoxy) is 2. The first-order valence-electron chi connectivity index (χ1n) is 8.01. The molecule has 0 saturated heterocycles. The van der Waals surface area contributed by atoms with Crippen LogP contribution in [0.2, 0.25) is 0 Å². The van der Waals surface area contributed by atoms with Gasteiger partial charge in [0, 0.05) is 23.6 Å². The van der Waals surface area contributed by atoms with Gasteiger partial charge < -0.3 is 20.1 Å². The SMILES string of the molecule is CCOc1ccc(Nc2nccc(Nc3cccc(OC)c3)n2)cc1. The van der Waals surface area contributed by atoms with Crippen molar-refractivity contribution in [2.45, 2.75) is 6.92 Å². The maximum atomic E-state index is 5.44. The average molecular weight is 336 g/mol. The molecule has 1 aromatic heterocycles. The molecule has 0 fully saturated rings. The van der Waals surface area contributed by atoms with Crippen LogP contribution in [0.4, 0.5) is 23.1 Å². The van der Waals surface area contributed by atoms with Gasteiger partial charge in [-0.1, -0.05) is 6.07 Å². The molecule has 0 spiro atoms. The largest absolute Gasteiger partial charge is 0.497 e. The molecule has 0 saturated carbocycles. The molecule has 0 bridgehead atoms. The second-order valence-corrected chi connectivity index (χ2v) is 5.20. The van der Waals surface area contributed by atoms with E-state index in [1.807, 2.05) is 61.5 Å². The van der Waals surface area contributed by atoms with Crippen LogP contribution in [0.1, 0.15) is 6.92 Å². The van der Waals surface area contributed by atoms with Crippen molar-refractivity contribution in [1.82, 2.24) is 9.97 Å². The Hall–Kier alpha value is -3.28. The Labute approximate surface area is 146 Å². The number of hydrogen-bond donors (Lipinski definition) is 2. The van der Waals surface area contributed by atoms with E-state index >= 15 is 0 Å². The number of hydrogen-bond acceptors (Lipinski definition) is 6. The third-order valence-electron chi connectivity index (χ3n) is 3.42. The van der Waals surface area contributed by atoms with Crippen molar-refractivity contribution in [1.29, 1.82) is 0 Å². The number of nitrogens with zero attached hydrogens (tertiary/aromatic N) is 2. The Balaban J connectivity index is 1.70. The molecule has 6 heteroatoms. The zero-order chi connectivity index (χ0) is 17.5. The molecule has 0 unspecified atom stereocenters. The lowest BCUT2D eigenvalue weighted by Crippen LogP contribution is -2.00. The highest BCUT2D eigenvalue weighted by molar-refractivity contribution is 5.60. The lowest BCUT2D eigenvalue weighted by Gasteiger charge is -2.10. The molecule has 128 valence electrons. The third-order valence-corrected chi connectivity index (χ3v) is 3.42. The van der Waals surface area contributed by atoms with E-state index in [2.05, 4.69) is 20.6 Å². The van der Waals surface area contributed by atoms with Crippen molar-refractivity contribution in [2.75, 3.05) is 24.4 Å². The minimum Gasteiger partial charge on any atom is -0.497 e. The first-order chi connectivity index (χ1) is 12.3. The van der Waals surface area contributed by atoms with Crippen molar-refractivity contribution >= 4 is 23.1 Å². The zero-order valence-corrected chi connectivity index (χ0v) is 14.2. The van der Waals surface area contributed by atoms with E-state index in [0.717, 1.165) is 22.9 Å². The second kappa shape index (κ2) is 8.01. The number of methoxy groups -OCH3 is 1. The van der Waals surface area contributed by atoms with Crippen LogP contribution in [0.25, 0.3) is 0 Å². The zero-order valence-electron chi connectivity index (χ0n) is 14.2. The van der Waals surface area contributed by atoms with E-state index in [-0.39, 0.29) is 0 Å². The van der Waals surface area contributed by atoms with Gasteiger partial charge in [-0.3, -0.25) is 0 Å². The highest BCUT2D eigenvalue weighted by atomic mass is 16.5. The van der Waals surface area contributed by atoms with Crippen molar-refractivity contribution in [2.24, 2.45) is 0 Å². The highest BCUT2D eigenvalue weighted by Crippen LogP contribution is 2.22. The summed E-state index contributed by atoms with van der Waals surface area (Å²) in [7, 11) is 1.64. The van der Waals surface area contributed by atoms with E-state index in [1.54, 1.807) is 13.3 Å². The van der Waals surface area contributed by atoms with Crippen molar-refractivity contribution in [3.63, 3.8) is 0 Å². The molecule has 0 radical (unpaired) electrons. The average Bonchev–Trinajstić information content (AvgIpc) is 2.64. The maximum Gasteiger partial charge on any atom is 0.229 e. The van der Waals surface area contributed by atoms with Crippen LogP contribution in [-0.2, 0) is 0 Å². The summed E-state index contributed by atoms with van der Waals surface area (Å²) in [5.41, 5.74) is 1.78. The van der Waals surface area contributed by atoms with Crippen LogP contribution in [0, 0.1) is 0 Å². The summed E-state index contributed by atoms with van der Waals surface area (Å²) >= 11 is 0. The lowest BCUT2D eigenvalue weighted by atomic mass is 10.3. The predicted octanol–water partition coefficient (Wildman–Crippen LogP) is 4.37. The van der Waals surface area contributed by atoms with Crippen LogP contribution in [-0.4, -0.2) is 23.7 Å². The van der Waals surface area contributed by atoms with E-state index in [1.165, 1.54) is 0 Å². The summed E-state index contributed by atoms with van der Waals surface area (Å²) in [4.78, 5) is 8.72. The number of rotatable bonds is 7. The van der Waals surface area contributed by atoms with Gasteiger partial charge in [0.05, 0.1) is 13.7 Å². The van der Waals surface area contributed by atoms with Crippen LogP contribution >= 0.6 is 0 Å². The summed E-state index contributed by atoms with van der Waals surface area (Å²) in [6, 6.07) is 17.1. The number of anilines is 4. The fourth-order valence-corrected chi connectivity index (χ4v) is 2.27.